The van der Waals surface area contributed by atoms with Crippen molar-refractivity contribution in [3.05, 3.63) is 28.2 Å². The molecule has 3 rings (SSSR count). The molecule has 0 radical (unpaired) electrons. The summed E-state index contributed by atoms with van der Waals surface area (Å²) >= 11 is 0. The summed E-state index contributed by atoms with van der Waals surface area (Å²) in [6, 6.07) is 3.20. The Morgan fingerprint density at radius 1 is 1.17 bits per heavy atom. The summed E-state index contributed by atoms with van der Waals surface area (Å²) in [5, 5.41) is 4.31. The normalized spacial score (nSPS) is 26.4. The van der Waals surface area contributed by atoms with Gasteiger partial charge in [0.2, 0.25) is 0 Å². The van der Waals surface area contributed by atoms with Gasteiger partial charge < -0.3 is 4.74 Å². The van der Waals surface area contributed by atoms with Gasteiger partial charge >= 0.3 is 0 Å². The van der Waals surface area contributed by atoms with Crippen molar-refractivity contribution in [1.82, 2.24) is 18.8 Å². The number of ether oxygens (including phenoxy) is 1. The zero-order valence-corrected chi connectivity index (χ0v) is 14.7. The lowest BCUT2D eigenvalue weighted by Crippen LogP contribution is -2.50. The quantitative estimate of drug-likeness (QED) is 0.832. The predicted octanol–water partition coefficient (Wildman–Crippen LogP) is 0.202. The lowest BCUT2D eigenvalue weighted by atomic mass is 9.92. The van der Waals surface area contributed by atoms with Gasteiger partial charge in [0.1, 0.15) is 0 Å². The number of aromatic nitrogens is 2. The molecular weight excluding hydrogens is 332 g/mol. The van der Waals surface area contributed by atoms with Gasteiger partial charge in [0.25, 0.3) is 15.8 Å². The largest absolute Gasteiger partial charge is 0.379 e. The number of morpholine rings is 1. The first-order valence-electron chi connectivity index (χ1n) is 8.37. The van der Waals surface area contributed by atoms with Crippen LogP contribution in [0.4, 0.5) is 0 Å². The van der Waals surface area contributed by atoms with Gasteiger partial charge in [-0.05, 0) is 38.7 Å². The van der Waals surface area contributed by atoms with Crippen molar-refractivity contribution in [2.45, 2.75) is 44.7 Å². The number of rotatable bonds is 4. The molecule has 1 aromatic heterocycles. The Balaban J connectivity index is 1.59. The predicted molar refractivity (Wildman–Crippen MR) is 89.0 cm³/mol. The minimum atomic E-state index is -3.46. The lowest BCUT2D eigenvalue weighted by molar-refractivity contribution is 0.0721. The fraction of sp³-hybridized carbons (Fsp3) is 0.733. The molecule has 1 saturated heterocycles. The van der Waals surface area contributed by atoms with Crippen LogP contribution in [-0.4, -0.2) is 54.8 Å². The van der Waals surface area contributed by atoms with Crippen LogP contribution >= 0.6 is 0 Å². The fourth-order valence-corrected chi connectivity index (χ4v) is 4.73. The van der Waals surface area contributed by atoms with Crippen LogP contribution in [0.1, 0.15) is 37.4 Å². The Morgan fingerprint density at radius 2 is 1.83 bits per heavy atom. The molecule has 0 spiro atoms. The first kappa shape index (κ1) is 17.5. The van der Waals surface area contributed by atoms with Crippen LogP contribution in [0.3, 0.4) is 0 Å². The summed E-state index contributed by atoms with van der Waals surface area (Å²) < 4.78 is 35.8. The van der Waals surface area contributed by atoms with Gasteiger partial charge in [-0.15, -0.1) is 0 Å². The lowest BCUT2D eigenvalue weighted by Gasteiger charge is -2.32. The van der Waals surface area contributed by atoms with E-state index in [1.54, 1.807) is 10.7 Å². The second-order valence-electron chi connectivity index (χ2n) is 6.40. The van der Waals surface area contributed by atoms with E-state index in [-0.39, 0.29) is 17.6 Å². The van der Waals surface area contributed by atoms with Crippen LogP contribution in [0.25, 0.3) is 0 Å². The Bertz CT molecular complexity index is 719. The molecular formula is C15H24N4O4S. The Labute approximate surface area is 142 Å². The van der Waals surface area contributed by atoms with Crippen molar-refractivity contribution >= 4 is 10.2 Å². The van der Waals surface area contributed by atoms with Gasteiger partial charge in [-0.3, -0.25) is 4.79 Å². The van der Waals surface area contributed by atoms with Crippen molar-refractivity contribution in [3.63, 3.8) is 0 Å². The molecule has 1 aliphatic carbocycles. The molecule has 1 N–H and O–H groups in total. The summed E-state index contributed by atoms with van der Waals surface area (Å²) in [6.45, 7) is 3.53. The van der Waals surface area contributed by atoms with E-state index in [1.165, 1.54) is 10.4 Å². The first-order valence-corrected chi connectivity index (χ1v) is 9.81. The Kier molecular flexibility index (Phi) is 5.33. The van der Waals surface area contributed by atoms with Crippen molar-refractivity contribution in [1.29, 1.82) is 0 Å². The smallest absolute Gasteiger partial charge is 0.279 e. The standard InChI is InChI=1S/C15H24N4O4S/c1-12-2-7-15(20)19(16-12)14-5-3-13(4-6-14)17-24(21,22)18-8-10-23-11-9-18/h2,7,13-14,17H,3-6,8-11H2,1H3. The topological polar surface area (TPSA) is 93.5 Å². The Hall–Kier alpha value is -1.29. The average Bonchev–Trinajstić information content (AvgIpc) is 2.58. The number of nitrogens with zero attached hydrogens (tertiary/aromatic N) is 3. The van der Waals surface area contributed by atoms with Gasteiger partial charge in [-0.2, -0.15) is 22.5 Å². The second-order valence-corrected chi connectivity index (χ2v) is 8.10. The third-order valence-electron chi connectivity index (χ3n) is 4.63. The van der Waals surface area contributed by atoms with Crippen LogP contribution in [0.5, 0.6) is 0 Å². The average molecular weight is 356 g/mol. The van der Waals surface area contributed by atoms with Crippen molar-refractivity contribution < 1.29 is 13.2 Å². The third-order valence-corrected chi connectivity index (χ3v) is 6.30. The highest BCUT2D eigenvalue weighted by molar-refractivity contribution is 7.87. The fourth-order valence-electron chi connectivity index (χ4n) is 3.29. The van der Waals surface area contributed by atoms with Crippen LogP contribution in [0, 0.1) is 6.92 Å². The number of aryl methyl sites for hydroxylation is 1. The van der Waals surface area contributed by atoms with Gasteiger partial charge in [0.05, 0.1) is 24.9 Å². The maximum Gasteiger partial charge on any atom is 0.279 e. The molecule has 9 heteroatoms. The van der Waals surface area contributed by atoms with Crippen LogP contribution in [0.2, 0.25) is 0 Å². The van der Waals surface area contributed by atoms with Crippen molar-refractivity contribution in [2.75, 3.05) is 26.3 Å². The van der Waals surface area contributed by atoms with Gasteiger partial charge in [-0.1, -0.05) is 0 Å². The zero-order chi connectivity index (χ0) is 17.2. The minimum Gasteiger partial charge on any atom is -0.379 e. The molecule has 134 valence electrons. The van der Waals surface area contributed by atoms with E-state index in [0.717, 1.165) is 18.5 Å². The van der Waals surface area contributed by atoms with Gasteiger partial charge in [0.15, 0.2) is 0 Å². The highest BCUT2D eigenvalue weighted by Gasteiger charge is 2.30. The third kappa shape index (κ3) is 4.02. The van der Waals surface area contributed by atoms with E-state index in [9.17, 15) is 13.2 Å². The molecule has 24 heavy (non-hydrogen) atoms. The maximum absolute atomic E-state index is 12.4. The number of hydrogen-bond donors (Lipinski definition) is 1. The first-order chi connectivity index (χ1) is 11.5. The highest BCUT2D eigenvalue weighted by atomic mass is 32.2. The van der Waals surface area contributed by atoms with Gasteiger partial charge in [0, 0.05) is 25.2 Å². The molecule has 1 aromatic rings. The molecule has 0 unspecified atom stereocenters. The summed E-state index contributed by atoms with van der Waals surface area (Å²) in [6.07, 6.45) is 2.89. The maximum atomic E-state index is 12.4. The summed E-state index contributed by atoms with van der Waals surface area (Å²) in [5.41, 5.74) is 0.711. The molecule has 0 aromatic carbocycles. The van der Waals surface area contributed by atoms with Crippen LogP contribution in [0.15, 0.2) is 16.9 Å². The molecule has 0 atom stereocenters. The van der Waals surface area contributed by atoms with Crippen molar-refractivity contribution in [3.8, 4) is 0 Å². The molecule has 2 fully saturated rings. The molecule has 0 bridgehead atoms. The van der Waals surface area contributed by atoms with E-state index in [2.05, 4.69) is 9.82 Å². The second kappa shape index (κ2) is 7.30. The van der Waals surface area contributed by atoms with E-state index in [0.29, 0.717) is 39.1 Å². The SMILES string of the molecule is Cc1ccc(=O)n(C2CCC(NS(=O)(=O)N3CCOCC3)CC2)n1. The molecule has 8 nitrogen and oxygen atoms in total. The molecule has 2 heterocycles. The van der Waals surface area contributed by atoms with Gasteiger partial charge in [-0.25, -0.2) is 4.68 Å². The van der Waals surface area contributed by atoms with E-state index in [4.69, 9.17) is 4.74 Å². The molecule has 1 aliphatic heterocycles. The summed E-state index contributed by atoms with van der Waals surface area (Å²) in [5.74, 6) is 0. The number of nitrogens with one attached hydrogen (secondary N) is 1. The van der Waals surface area contributed by atoms with Crippen molar-refractivity contribution in [2.24, 2.45) is 0 Å². The summed E-state index contributed by atoms with van der Waals surface area (Å²) in [4.78, 5) is 12.0. The number of hydrogen-bond acceptors (Lipinski definition) is 5. The molecule has 1 saturated carbocycles. The van der Waals surface area contributed by atoms with Crippen LogP contribution < -0.4 is 10.3 Å². The summed E-state index contributed by atoms with van der Waals surface area (Å²) in [7, 11) is -3.46. The highest BCUT2D eigenvalue weighted by Crippen LogP contribution is 2.27. The molecule has 0 amide bonds. The monoisotopic (exact) mass is 356 g/mol. The van der Waals surface area contributed by atoms with Crippen LogP contribution in [-0.2, 0) is 14.9 Å². The minimum absolute atomic E-state index is 0.0431. The van der Waals surface area contributed by atoms with E-state index >= 15 is 0 Å². The van der Waals surface area contributed by atoms with E-state index < -0.39 is 10.2 Å². The Morgan fingerprint density at radius 3 is 2.50 bits per heavy atom. The van der Waals surface area contributed by atoms with E-state index in [1.807, 2.05) is 6.92 Å². The molecule has 2 aliphatic rings. The zero-order valence-electron chi connectivity index (χ0n) is 13.8.